The number of thiazole rings is 1. The van der Waals surface area contributed by atoms with Crippen molar-refractivity contribution < 1.29 is 9.59 Å². The van der Waals surface area contributed by atoms with Crippen molar-refractivity contribution in [1.29, 1.82) is 0 Å². The van der Waals surface area contributed by atoms with Crippen LogP contribution in [-0.4, -0.2) is 33.8 Å². The number of aryl methyl sites for hydroxylation is 1. The summed E-state index contributed by atoms with van der Waals surface area (Å²) in [6.07, 6.45) is 1.87. The van der Waals surface area contributed by atoms with Gasteiger partial charge in [-0.15, -0.1) is 11.3 Å². The zero-order chi connectivity index (χ0) is 15.6. The zero-order valence-electron chi connectivity index (χ0n) is 13.0. The second-order valence-electron chi connectivity index (χ2n) is 5.54. The van der Waals surface area contributed by atoms with Gasteiger partial charge in [0.25, 0.3) is 0 Å². The third kappa shape index (κ3) is 3.32. The third-order valence-electron chi connectivity index (χ3n) is 3.95. The summed E-state index contributed by atoms with van der Waals surface area (Å²) in [4.78, 5) is 30.5. The highest BCUT2D eigenvalue weighted by Crippen LogP contribution is 2.24. The summed E-state index contributed by atoms with van der Waals surface area (Å²) in [5, 5.41) is 6.20. The van der Waals surface area contributed by atoms with Gasteiger partial charge in [0, 0.05) is 17.1 Å². The third-order valence-corrected chi connectivity index (χ3v) is 5.09. The molecule has 6 heteroatoms. The van der Waals surface area contributed by atoms with Crippen LogP contribution in [0.5, 0.6) is 0 Å². The number of nitrogens with zero attached hydrogens (tertiary/aromatic N) is 2. The second-order valence-corrected chi connectivity index (χ2v) is 6.43. The number of carbonyl (C=O) groups is 2. The SMILES string of the molecule is CCC(CC)N1C(=O)CC(NC(C)c2nc(C)cs2)C1=O. The number of carbonyl (C=O) groups excluding carboxylic acids is 2. The molecule has 1 aliphatic heterocycles. The summed E-state index contributed by atoms with van der Waals surface area (Å²) in [7, 11) is 0. The zero-order valence-corrected chi connectivity index (χ0v) is 13.9. The first-order valence-electron chi connectivity index (χ1n) is 7.51. The van der Waals surface area contributed by atoms with Crippen LogP contribution in [0.1, 0.15) is 56.8 Å². The Balaban J connectivity index is 2.05. The van der Waals surface area contributed by atoms with Gasteiger partial charge in [0.2, 0.25) is 11.8 Å². The summed E-state index contributed by atoms with van der Waals surface area (Å²) < 4.78 is 0. The van der Waals surface area contributed by atoms with Gasteiger partial charge in [0.1, 0.15) is 5.01 Å². The molecule has 0 radical (unpaired) electrons. The van der Waals surface area contributed by atoms with E-state index in [0.29, 0.717) is 0 Å². The van der Waals surface area contributed by atoms with E-state index in [1.807, 2.05) is 33.1 Å². The van der Waals surface area contributed by atoms with Gasteiger partial charge in [0.05, 0.1) is 18.5 Å². The van der Waals surface area contributed by atoms with E-state index in [9.17, 15) is 9.59 Å². The molecule has 2 amide bonds. The lowest BCUT2D eigenvalue weighted by Crippen LogP contribution is -2.44. The van der Waals surface area contributed by atoms with Crippen LogP contribution < -0.4 is 5.32 Å². The van der Waals surface area contributed by atoms with Crippen molar-refractivity contribution in [3.63, 3.8) is 0 Å². The van der Waals surface area contributed by atoms with Crippen LogP contribution in [0.3, 0.4) is 0 Å². The van der Waals surface area contributed by atoms with Crippen LogP contribution in [0.15, 0.2) is 5.38 Å². The predicted molar refractivity (Wildman–Crippen MR) is 83.0 cm³/mol. The normalized spacial score (nSPS) is 20.6. The smallest absolute Gasteiger partial charge is 0.247 e. The highest BCUT2D eigenvalue weighted by Gasteiger charge is 2.41. The fraction of sp³-hybridized carbons (Fsp3) is 0.667. The lowest BCUT2D eigenvalue weighted by molar-refractivity contribution is -0.141. The van der Waals surface area contributed by atoms with E-state index in [1.54, 1.807) is 11.3 Å². The molecule has 0 aliphatic carbocycles. The molecule has 0 aromatic carbocycles. The number of imide groups is 1. The lowest BCUT2D eigenvalue weighted by Gasteiger charge is -2.24. The highest BCUT2D eigenvalue weighted by atomic mass is 32.1. The number of hydrogen-bond acceptors (Lipinski definition) is 5. The maximum Gasteiger partial charge on any atom is 0.247 e. The Morgan fingerprint density at radius 2 is 2.10 bits per heavy atom. The predicted octanol–water partition coefficient (Wildman–Crippen LogP) is 2.42. The molecule has 1 N–H and O–H groups in total. The van der Waals surface area contributed by atoms with E-state index in [0.717, 1.165) is 23.5 Å². The van der Waals surface area contributed by atoms with Crippen LogP contribution in [0.25, 0.3) is 0 Å². The molecule has 0 bridgehead atoms. The van der Waals surface area contributed by atoms with Crippen LogP contribution in [0.4, 0.5) is 0 Å². The number of amides is 2. The van der Waals surface area contributed by atoms with Crippen LogP contribution in [0, 0.1) is 6.92 Å². The van der Waals surface area contributed by atoms with Gasteiger partial charge in [-0.2, -0.15) is 0 Å². The molecule has 2 unspecified atom stereocenters. The summed E-state index contributed by atoms with van der Waals surface area (Å²) in [5.74, 6) is -0.150. The van der Waals surface area contributed by atoms with Crippen molar-refractivity contribution >= 4 is 23.2 Å². The molecule has 0 saturated carbocycles. The average Bonchev–Trinajstić information content (AvgIpc) is 2.99. The highest BCUT2D eigenvalue weighted by molar-refractivity contribution is 7.09. The van der Waals surface area contributed by atoms with E-state index >= 15 is 0 Å². The van der Waals surface area contributed by atoms with Gasteiger partial charge < -0.3 is 0 Å². The van der Waals surface area contributed by atoms with Gasteiger partial charge in [-0.25, -0.2) is 4.98 Å². The number of likely N-dealkylation sites (tertiary alicyclic amines) is 1. The molecule has 0 spiro atoms. The Bertz CT molecular complexity index is 525. The fourth-order valence-electron chi connectivity index (χ4n) is 2.76. The maximum absolute atomic E-state index is 12.5. The molecular weight excluding hydrogens is 286 g/mol. The number of aromatic nitrogens is 1. The van der Waals surface area contributed by atoms with Gasteiger partial charge >= 0.3 is 0 Å². The largest absolute Gasteiger partial charge is 0.297 e. The monoisotopic (exact) mass is 309 g/mol. The lowest BCUT2D eigenvalue weighted by atomic mass is 10.1. The Labute approximate surface area is 129 Å². The van der Waals surface area contributed by atoms with Crippen molar-refractivity contribution in [2.75, 3.05) is 0 Å². The number of nitrogens with one attached hydrogen (secondary N) is 1. The van der Waals surface area contributed by atoms with Crippen molar-refractivity contribution in [2.24, 2.45) is 0 Å². The first kappa shape index (κ1) is 16.1. The van der Waals surface area contributed by atoms with E-state index in [-0.39, 0.29) is 30.3 Å². The van der Waals surface area contributed by atoms with Crippen LogP contribution >= 0.6 is 11.3 Å². The summed E-state index contributed by atoms with van der Waals surface area (Å²) in [5.41, 5.74) is 0.983. The maximum atomic E-state index is 12.5. The Kier molecular flexibility index (Phi) is 5.11. The first-order chi connectivity index (χ1) is 9.97. The number of hydrogen-bond donors (Lipinski definition) is 1. The Hall–Kier alpha value is -1.27. The van der Waals surface area contributed by atoms with Gasteiger partial charge in [-0.05, 0) is 26.7 Å². The van der Waals surface area contributed by atoms with Crippen LogP contribution in [0.2, 0.25) is 0 Å². The fourth-order valence-corrected chi connectivity index (χ4v) is 3.58. The molecule has 1 saturated heterocycles. The molecule has 2 rings (SSSR count). The van der Waals surface area contributed by atoms with Crippen LogP contribution in [-0.2, 0) is 9.59 Å². The molecule has 21 heavy (non-hydrogen) atoms. The Morgan fingerprint density at radius 1 is 1.43 bits per heavy atom. The van der Waals surface area contributed by atoms with Gasteiger partial charge in [-0.3, -0.25) is 19.8 Å². The first-order valence-corrected chi connectivity index (χ1v) is 8.39. The average molecular weight is 309 g/mol. The molecule has 1 aromatic heterocycles. The number of rotatable bonds is 6. The molecule has 2 atom stereocenters. The minimum absolute atomic E-state index is 0.0212. The molecule has 116 valence electrons. The van der Waals surface area contributed by atoms with Crippen molar-refractivity contribution in [1.82, 2.24) is 15.2 Å². The molecule has 2 heterocycles. The minimum Gasteiger partial charge on any atom is -0.297 e. The standard InChI is InChI=1S/C15H23N3O2S/c1-5-11(6-2)18-13(19)7-12(15(18)20)17-10(4)14-16-9(3)8-21-14/h8,10-12,17H,5-7H2,1-4H3. The summed E-state index contributed by atoms with van der Waals surface area (Å²) in [6, 6.07) is -0.418. The molecule has 5 nitrogen and oxygen atoms in total. The van der Waals surface area contributed by atoms with E-state index < -0.39 is 6.04 Å². The van der Waals surface area contributed by atoms with E-state index in [4.69, 9.17) is 0 Å². The topological polar surface area (TPSA) is 62.3 Å². The minimum atomic E-state index is -0.419. The van der Waals surface area contributed by atoms with Gasteiger partial charge in [-0.1, -0.05) is 13.8 Å². The van der Waals surface area contributed by atoms with Crippen molar-refractivity contribution in [3.8, 4) is 0 Å². The Morgan fingerprint density at radius 3 is 2.62 bits per heavy atom. The van der Waals surface area contributed by atoms with E-state index in [2.05, 4.69) is 10.3 Å². The van der Waals surface area contributed by atoms with Crippen molar-refractivity contribution in [3.05, 3.63) is 16.1 Å². The molecule has 1 aliphatic rings. The summed E-state index contributed by atoms with van der Waals surface area (Å²) in [6.45, 7) is 7.95. The molecule has 1 fully saturated rings. The quantitative estimate of drug-likeness (QED) is 0.820. The molecule has 1 aromatic rings. The molecular formula is C15H23N3O2S. The van der Waals surface area contributed by atoms with Gasteiger partial charge in [0.15, 0.2) is 0 Å². The van der Waals surface area contributed by atoms with E-state index in [1.165, 1.54) is 4.90 Å². The van der Waals surface area contributed by atoms with Crippen molar-refractivity contribution in [2.45, 2.75) is 65.1 Å². The summed E-state index contributed by atoms with van der Waals surface area (Å²) >= 11 is 1.58. The second kappa shape index (κ2) is 6.66.